The van der Waals surface area contributed by atoms with E-state index in [0.29, 0.717) is 57.2 Å². The number of benzene rings is 2. The smallest absolute Gasteiger partial charge is 0.119 e. The molecular formula is C27H42O5. The van der Waals surface area contributed by atoms with E-state index in [1.807, 2.05) is 24.3 Å². The van der Waals surface area contributed by atoms with Gasteiger partial charge in [0.25, 0.3) is 0 Å². The van der Waals surface area contributed by atoms with Gasteiger partial charge in [0.1, 0.15) is 18.1 Å². The highest BCUT2D eigenvalue weighted by Crippen LogP contribution is 2.21. The summed E-state index contributed by atoms with van der Waals surface area (Å²) in [6.45, 7) is 12.3. The second-order valence-electron chi connectivity index (χ2n) is 7.85. The lowest BCUT2D eigenvalue weighted by Crippen LogP contribution is -2.12. The van der Waals surface area contributed by atoms with Gasteiger partial charge in [0.15, 0.2) is 0 Å². The fourth-order valence-electron chi connectivity index (χ4n) is 2.85. The molecule has 0 aliphatic rings. The van der Waals surface area contributed by atoms with E-state index in [1.54, 1.807) is 19.2 Å². The van der Waals surface area contributed by atoms with Crippen LogP contribution in [0.25, 0.3) is 0 Å². The number of rotatable bonds is 14. The summed E-state index contributed by atoms with van der Waals surface area (Å²) in [5.41, 5.74) is 2.65. The third kappa shape index (κ3) is 12.1. The fraction of sp³-hybridized carbons (Fsp3) is 0.556. The molecule has 2 aromatic carbocycles. The van der Waals surface area contributed by atoms with Gasteiger partial charge < -0.3 is 24.1 Å². The summed E-state index contributed by atoms with van der Waals surface area (Å²) in [4.78, 5) is 0. The van der Waals surface area contributed by atoms with Crippen LogP contribution in [0.5, 0.6) is 11.5 Å². The standard InChI is InChI=1S/C17H28O4.C10H14O/c1-4-15(2)16-5-7-17(8-6-16)21-14-13-20-12-11-19-10-9-18-3;1-3-8(2)9-4-6-10(11)7-5-9/h5-8,15H,4,9-14H2,1-3H3;4-8,11H,3H2,1-2H3. The maximum absolute atomic E-state index is 9.01. The molecule has 0 fully saturated rings. The molecule has 0 saturated carbocycles. The van der Waals surface area contributed by atoms with E-state index in [0.717, 1.165) is 18.6 Å². The molecule has 180 valence electrons. The van der Waals surface area contributed by atoms with Crippen LogP contribution >= 0.6 is 0 Å². The van der Waals surface area contributed by atoms with E-state index >= 15 is 0 Å². The van der Waals surface area contributed by atoms with E-state index in [9.17, 15) is 0 Å². The SMILES string of the molecule is CCC(C)c1ccc(O)cc1.CCC(C)c1ccc(OCCOCCOCCOC)cc1. The van der Waals surface area contributed by atoms with Crippen LogP contribution in [0.1, 0.15) is 63.5 Å². The molecule has 0 aliphatic carbocycles. The van der Waals surface area contributed by atoms with Gasteiger partial charge in [-0.1, -0.05) is 52.0 Å². The molecule has 0 saturated heterocycles. The first-order valence-electron chi connectivity index (χ1n) is 11.7. The summed E-state index contributed by atoms with van der Waals surface area (Å²) >= 11 is 0. The molecule has 0 spiro atoms. The lowest BCUT2D eigenvalue weighted by molar-refractivity contribution is 0.0180. The van der Waals surface area contributed by atoms with Crippen molar-refractivity contribution < 1.29 is 24.1 Å². The van der Waals surface area contributed by atoms with Gasteiger partial charge in [0.2, 0.25) is 0 Å². The molecule has 0 bridgehead atoms. The van der Waals surface area contributed by atoms with E-state index in [2.05, 4.69) is 39.8 Å². The minimum atomic E-state index is 0.344. The zero-order chi connectivity index (χ0) is 23.6. The summed E-state index contributed by atoms with van der Waals surface area (Å²) in [5, 5.41) is 9.01. The predicted octanol–water partition coefficient (Wildman–Crippen LogP) is 6.16. The summed E-state index contributed by atoms with van der Waals surface area (Å²) in [5.74, 6) is 2.43. The van der Waals surface area contributed by atoms with E-state index in [4.69, 9.17) is 24.1 Å². The van der Waals surface area contributed by atoms with Crippen molar-refractivity contribution in [3.05, 3.63) is 59.7 Å². The number of phenolic OH excluding ortho intramolecular Hbond substituents is 1. The molecule has 0 amide bonds. The fourth-order valence-corrected chi connectivity index (χ4v) is 2.85. The summed E-state index contributed by atoms with van der Waals surface area (Å²) in [6.07, 6.45) is 2.30. The Morgan fingerprint density at radius 2 is 1.09 bits per heavy atom. The second-order valence-corrected chi connectivity index (χ2v) is 7.85. The van der Waals surface area contributed by atoms with E-state index in [1.165, 1.54) is 11.1 Å². The van der Waals surface area contributed by atoms with Gasteiger partial charge in [-0.3, -0.25) is 0 Å². The van der Waals surface area contributed by atoms with Crippen LogP contribution in [0.2, 0.25) is 0 Å². The minimum absolute atomic E-state index is 0.344. The van der Waals surface area contributed by atoms with Crippen molar-refractivity contribution in [2.75, 3.05) is 46.8 Å². The highest BCUT2D eigenvalue weighted by Gasteiger charge is 2.03. The average Bonchev–Trinajstić information content (AvgIpc) is 2.83. The Morgan fingerprint density at radius 1 is 0.656 bits per heavy atom. The number of ether oxygens (including phenoxy) is 4. The maximum Gasteiger partial charge on any atom is 0.119 e. The van der Waals surface area contributed by atoms with E-state index in [-0.39, 0.29) is 0 Å². The van der Waals surface area contributed by atoms with Crippen LogP contribution in [0.3, 0.4) is 0 Å². The van der Waals surface area contributed by atoms with Crippen LogP contribution in [0, 0.1) is 0 Å². The van der Waals surface area contributed by atoms with Crippen molar-refractivity contribution in [2.24, 2.45) is 0 Å². The Bertz CT molecular complexity index is 684. The lowest BCUT2D eigenvalue weighted by Gasteiger charge is -2.11. The molecule has 1 N–H and O–H groups in total. The van der Waals surface area contributed by atoms with Crippen molar-refractivity contribution in [1.82, 2.24) is 0 Å². The molecule has 0 aromatic heterocycles. The lowest BCUT2D eigenvalue weighted by atomic mass is 9.99. The van der Waals surface area contributed by atoms with Crippen molar-refractivity contribution in [2.45, 2.75) is 52.4 Å². The number of hydrogen-bond acceptors (Lipinski definition) is 5. The first-order valence-corrected chi connectivity index (χ1v) is 11.7. The number of phenols is 1. The van der Waals surface area contributed by atoms with Gasteiger partial charge in [0, 0.05) is 7.11 Å². The van der Waals surface area contributed by atoms with Gasteiger partial charge in [-0.25, -0.2) is 0 Å². The van der Waals surface area contributed by atoms with Gasteiger partial charge in [-0.2, -0.15) is 0 Å². The molecule has 2 unspecified atom stereocenters. The maximum atomic E-state index is 9.01. The van der Waals surface area contributed by atoms with Crippen molar-refractivity contribution in [3.8, 4) is 11.5 Å². The molecule has 32 heavy (non-hydrogen) atoms. The predicted molar refractivity (Wildman–Crippen MR) is 131 cm³/mol. The molecule has 2 aromatic rings. The molecule has 0 heterocycles. The van der Waals surface area contributed by atoms with Crippen LogP contribution in [-0.2, 0) is 14.2 Å². The van der Waals surface area contributed by atoms with Gasteiger partial charge in [-0.15, -0.1) is 0 Å². The average molecular weight is 447 g/mol. The highest BCUT2D eigenvalue weighted by molar-refractivity contribution is 5.29. The zero-order valence-electron chi connectivity index (χ0n) is 20.5. The Morgan fingerprint density at radius 3 is 1.56 bits per heavy atom. The third-order valence-electron chi connectivity index (χ3n) is 5.44. The monoisotopic (exact) mass is 446 g/mol. The topological polar surface area (TPSA) is 57.2 Å². The first-order chi connectivity index (χ1) is 15.5. The van der Waals surface area contributed by atoms with Crippen molar-refractivity contribution >= 4 is 0 Å². The van der Waals surface area contributed by atoms with Crippen LogP contribution < -0.4 is 4.74 Å². The van der Waals surface area contributed by atoms with Gasteiger partial charge in [-0.05, 0) is 60.1 Å². The van der Waals surface area contributed by atoms with Crippen molar-refractivity contribution in [1.29, 1.82) is 0 Å². The summed E-state index contributed by atoms with van der Waals surface area (Å²) in [7, 11) is 1.66. The van der Waals surface area contributed by atoms with Crippen LogP contribution in [-0.4, -0.2) is 51.9 Å². The molecular weight excluding hydrogens is 404 g/mol. The third-order valence-corrected chi connectivity index (χ3v) is 5.44. The molecule has 5 heteroatoms. The van der Waals surface area contributed by atoms with Crippen LogP contribution in [0.4, 0.5) is 0 Å². The van der Waals surface area contributed by atoms with Crippen molar-refractivity contribution in [3.63, 3.8) is 0 Å². The number of aromatic hydroxyl groups is 1. The van der Waals surface area contributed by atoms with E-state index < -0.39 is 0 Å². The quantitative estimate of drug-likeness (QED) is 0.352. The number of hydrogen-bond donors (Lipinski definition) is 1. The summed E-state index contributed by atoms with van der Waals surface area (Å²) < 4.78 is 21.2. The Labute approximate surface area is 194 Å². The Balaban J connectivity index is 0.000000389. The van der Waals surface area contributed by atoms with Crippen LogP contribution in [0.15, 0.2) is 48.5 Å². The molecule has 2 rings (SSSR count). The largest absolute Gasteiger partial charge is 0.508 e. The number of methoxy groups -OCH3 is 1. The van der Waals surface area contributed by atoms with Gasteiger partial charge in [0.05, 0.1) is 33.0 Å². The highest BCUT2D eigenvalue weighted by atomic mass is 16.6. The summed E-state index contributed by atoms with van der Waals surface area (Å²) in [6, 6.07) is 15.7. The Kier molecular flexibility index (Phi) is 15.3. The molecule has 2 atom stereocenters. The molecule has 0 radical (unpaired) electrons. The van der Waals surface area contributed by atoms with Gasteiger partial charge >= 0.3 is 0 Å². The molecule has 5 nitrogen and oxygen atoms in total. The molecule has 0 aliphatic heterocycles. The minimum Gasteiger partial charge on any atom is -0.508 e. The zero-order valence-corrected chi connectivity index (χ0v) is 20.5. The first kappa shape index (κ1) is 28.0. The normalized spacial score (nSPS) is 12.5. The Hall–Kier alpha value is -2.08. The second kappa shape index (κ2) is 17.5.